The highest BCUT2D eigenvalue weighted by atomic mass is 16.5. The zero-order valence-corrected chi connectivity index (χ0v) is 13.0. The van der Waals surface area contributed by atoms with Gasteiger partial charge in [-0.25, -0.2) is 0 Å². The number of aliphatic carboxylic acids is 1. The van der Waals surface area contributed by atoms with E-state index in [0.717, 1.165) is 29.0 Å². The zero-order valence-electron chi connectivity index (χ0n) is 13.0. The number of hydrogen-bond donors (Lipinski definition) is 1. The van der Waals surface area contributed by atoms with E-state index in [0.29, 0.717) is 13.0 Å². The van der Waals surface area contributed by atoms with Crippen LogP contribution in [0.25, 0.3) is 0 Å². The Kier molecular flexibility index (Phi) is 5.53. The molecule has 4 heteroatoms. The molecule has 0 saturated heterocycles. The molecule has 2 rings (SSSR count). The van der Waals surface area contributed by atoms with Crippen LogP contribution >= 0.6 is 0 Å². The molecule has 1 N–H and O–H groups in total. The summed E-state index contributed by atoms with van der Waals surface area (Å²) in [4.78, 5) is 15.8. The molecule has 4 nitrogen and oxygen atoms in total. The van der Waals surface area contributed by atoms with E-state index in [-0.39, 0.29) is 0 Å². The predicted octanol–water partition coefficient (Wildman–Crippen LogP) is 3.59. The van der Waals surface area contributed by atoms with Crippen molar-refractivity contribution >= 4 is 5.97 Å². The lowest BCUT2D eigenvalue weighted by Gasteiger charge is -2.15. The van der Waals surface area contributed by atoms with Gasteiger partial charge in [-0.3, -0.25) is 9.78 Å². The Labute approximate surface area is 130 Å². The van der Waals surface area contributed by atoms with Crippen molar-refractivity contribution in [2.24, 2.45) is 0 Å². The Balaban J connectivity index is 2.22. The van der Waals surface area contributed by atoms with Gasteiger partial charge >= 0.3 is 5.97 Å². The molecule has 1 aromatic heterocycles. The van der Waals surface area contributed by atoms with Crippen LogP contribution in [0.15, 0.2) is 42.6 Å². The van der Waals surface area contributed by atoms with Gasteiger partial charge in [0.25, 0.3) is 0 Å². The molecule has 0 radical (unpaired) electrons. The van der Waals surface area contributed by atoms with Gasteiger partial charge in [0.1, 0.15) is 5.75 Å². The molecule has 0 aliphatic rings. The molecule has 0 bridgehead atoms. The summed E-state index contributed by atoms with van der Waals surface area (Å²) < 4.78 is 5.64. The van der Waals surface area contributed by atoms with E-state index in [9.17, 15) is 9.90 Å². The van der Waals surface area contributed by atoms with Crippen LogP contribution in [0.1, 0.15) is 36.1 Å². The lowest BCUT2D eigenvalue weighted by molar-refractivity contribution is -0.138. The topological polar surface area (TPSA) is 59.4 Å². The number of hydrogen-bond acceptors (Lipinski definition) is 3. The summed E-state index contributed by atoms with van der Waals surface area (Å²) >= 11 is 0. The number of benzene rings is 1. The maximum Gasteiger partial charge on any atom is 0.311 e. The number of carboxylic acid groups (broad SMARTS) is 1. The molecule has 1 heterocycles. The van der Waals surface area contributed by atoms with Crippen molar-refractivity contribution < 1.29 is 14.6 Å². The average Bonchev–Trinajstić information content (AvgIpc) is 2.52. The predicted molar refractivity (Wildman–Crippen MR) is 85.3 cm³/mol. The maximum atomic E-state index is 11.6. The highest BCUT2D eigenvalue weighted by Gasteiger charge is 2.21. The molecule has 1 unspecified atom stereocenters. The number of ether oxygens (including phenoxy) is 1. The molecule has 0 amide bonds. The summed E-state index contributed by atoms with van der Waals surface area (Å²) in [6.07, 6.45) is 3.00. The first-order chi connectivity index (χ1) is 10.6. The molecular formula is C18H21NO3. The van der Waals surface area contributed by atoms with Crippen LogP contribution < -0.4 is 4.74 Å². The van der Waals surface area contributed by atoms with E-state index in [1.165, 1.54) is 0 Å². The molecule has 0 spiro atoms. The molecule has 0 fully saturated rings. The quantitative estimate of drug-likeness (QED) is 0.848. The fourth-order valence-corrected chi connectivity index (χ4v) is 2.34. The maximum absolute atomic E-state index is 11.6. The van der Waals surface area contributed by atoms with Crippen LogP contribution in [0.5, 0.6) is 5.75 Å². The first-order valence-corrected chi connectivity index (χ1v) is 7.48. The number of carbonyl (C=O) groups is 1. The molecule has 0 saturated carbocycles. The van der Waals surface area contributed by atoms with E-state index in [2.05, 4.69) is 11.9 Å². The van der Waals surface area contributed by atoms with Gasteiger partial charge in [0.05, 0.1) is 12.5 Å². The van der Waals surface area contributed by atoms with E-state index in [4.69, 9.17) is 4.74 Å². The van der Waals surface area contributed by atoms with E-state index in [1.807, 2.05) is 43.3 Å². The average molecular weight is 299 g/mol. The summed E-state index contributed by atoms with van der Waals surface area (Å²) in [5, 5.41) is 9.53. The van der Waals surface area contributed by atoms with E-state index in [1.54, 1.807) is 6.20 Å². The summed E-state index contributed by atoms with van der Waals surface area (Å²) in [6.45, 7) is 4.65. The van der Waals surface area contributed by atoms with E-state index < -0.39 is 11.9 Å². The lowest BCUT2D eigenvalue weighted by atomic mass is 9.92. The standard InChI is InChI=1S/C18H21NO3/c1-3-10-22-17-8-7-14(11-13(17)2)16(18(20)21)12-15-6-4-5-9-19-15/h4-9,11,16H,3,10,12H2,1-2H3,(H,20,21). The first-order valence-electron chi connectivity index (χ1n) is 7.48. The number of aryl methyl sites for hydroxylation is 1. The fraction of sp³-hybridized carbons (Fsp3) is 0.333. The van der Waals surface area contributed by atoms with Gasteiger partial charge < -0.3 is 9.84 Å². The van der Waals surface area contributed by atoms with Crippen molar-refractivity contribution in [2.45, 2.75) is 32.6 Å². The molecule has 1 atom stereocenters. The minimum atomic E-state index is -0.840. The second-order valence-corrected chi connectivity index (χ2v) is 5.29. The van der Waals surface area contributed by atoms with Gasteiger partial charge in [-0.1, -0.05) is 25.1 Å². The second kappa shape index (κ2) is 7.59. The van der Waals surface area contributed by atoms with Crippen molar-refractivity contribution in [3.63, 3.8) is 0 Å². The molecule has 0 aliphatic carbocycles. The van der Waals surface area contributed by atoms with Gasteiger partial charge in [0, 0.05) is 18.3 Å². The summed E-state index contributed by atoms with van der Waals surface area (Å²) in [7, 11) is 0. The van der Waals surface area contributed by atoms with Crippen LogP contribution in [0.2, 0.25) is 0 Å². The Morgan fingerprint density at radius 3 is 2.73 bits per heavy atom. The summed E-state index contributed by atoms with van der Waals surface area (Å²) in [6, 6.07) is 11.1. The molecule has 116 valence electrons. The Morgan fingerprint density at radius 2 is 2.14 bits per heavy atom. The van der Waals surface area contributed by atoms with Crippen molar-refractivity contribution in [2.75, 3.05) is 6.61 Å². The van der Waals surface area contributed by atoms with Gasteiger partial charge in [-0.15, -0.1) is 0 Å². The Morgan fingerprint density at radius 1 is 1.32 bits per heavy atom. The Bertz CT molecular complexity index is 625. The minimum Gasteiger partial charge on any atom is -0.493 e. The SMILES string of the molecule is CCCOc1ccc(C(Cc2ccccn2)C(=O)O)cc1C. The molecule has 22 heavy (non-hydrogen) atoms. The van der Waals surface area contributed by atoms with Gasteiger partial charge in [-0.2, -0.15) is 0 Å². The normalized spacial score (nSPS) is 11.9. The third-order valence-electron chi connectivity index (χ3n) is 3.50. The van der Waals surface area contributed by atoms with Crippen LogP contribution in [0.4, 0.5) is 0 Å². The number of aromatic nitrogens is 1. The molecular weight excluding hydrogens is 278 g/mol. The minimum absolute atomic E-state index is 0.380. The van der Waals surface area contributed by atoms with Gasteiger partial charge in [-0.05, 0) is 42.7 Å². The number of carboxylic acids is 1. The third-order valence-corrected chi connectivity index (χ3v) is 3.50. The largest absolute Gasteiger partial charge is 0.493 e. The van der Waals surface area contributed by atoms with Gasteiger partial charge in [0.2, 0.25) is 0 Å². The monoisotopic (exact) mass is 299 g/mol. The van der Waals surface area contributed by atoms with Crippen LogP contribution in [0.3, 0.4) is 0 Å². The third kappa shape index (κ3) is 4.07. The number of pyridine rings is 1. The van der Waals surface area contributed by atoms with Crippen molar-refractivity contribution in [1.29, 1.82) is 0 Å². The molecule has 0 aliphatic heterocycles. The first kappa shape index (κ1) is 16.0. The van der Waals surface area contributed by atoms with Crippen molar-refractivity contribution in [3.8, 4) is 5.75 Å². The van der Waals surface area contributed by atoms with Crippen molar-refractivity contribution in [1.82, 2.24) is 4.98 Å². The summed E-state index contributed by atoms with van der Waals surface area (Å²) in [5.41, 5.74) is 2.51. The fourth-order valence-electron chi connectivity index (χ4n) is 2.34. The lowest BCUT2D eigenvalue weighted by Crippen LogP contribution is -2.15. The Hall–Kier alpha value is -2.36. The van der Waals surface area contributed by atoms with E-state index >= 15 is 0 Å². The zero-order chi connectivity index (χ0) is 15.9. The highest BCUT2D eigenvalue weighted by molar-refractivity contribution is 5.76. The van der Waals surface area contributed by atoms with Gasteiger partial charge in [0.15, 0.2) is 0 Å². The second-order valence-electron chi connectivity index (χ2n) is 5.29. The van der Waals surface area contributed by atoms with Crippen molar-refractivity contribution in [3.05, 3.63) is 59.4 Å². The number of nitrogens with zero attached hydrogens (tertiary/aromatic N) is 1. The number of rotatable bonds is 7. The molecule has 1 aromatic carbocycles. The molecule has 2 aromatic rings. The van der Waals surface area contributed by atoms with Crippen LogP contribution in [-0.4, -0.2) is 22.7 Å². The smallest absolute Gasteiger partial charge is 0.311 e. The highest BCUT2D eigenvalue weighted by Crippen LogP contribution is 2.26. The van der Waals surface area contributed by atoms with Crippen LogP contribution in [-0.2, 0) is 11.2 Å². The van der Waals surface area contributed by atoms with Crippen LogP contribution in [0, 0.1) is 6.92 Å². The summed E-state index contributed by atoms with van der Waals surface area (Å²) in [5.74, 6) is -0.631.